The summed E-state index contributed by atoms with van der Waals surface area (Å²) in [4.78, 5) is 18.7. The molecule has 1 N–H and O–H groups in total. The second-order valence-electron chi connectivity index (χ2n) is 5.28. The fourth-order valence-electron chi connectivity index (χ4n) is 2.40. The zero-order chi connectivity index (χ0) is 16.2. The first-order valence-electron chi connectivity index (χ1n) is 7.39. The van der Waals surface area contributed by atoms with Crippen LogP contribution >= 0.6 is 51.2 Å². The molecule has 0 aliphatic carbocycles. The van der Waals surface area contributed by atoms with Crippen molar-refractivity contribution < 1.29 is 4.79 Å². The van der Waals surface area contributed by atoms with Crippen LogP contribution in [-0.4, -0.2) is 39.0 Å². The second kappa shape index (κ2) is 7.92. The largest absolute Gasteiger partial charge is 0.358 e. The molecular formula is C15H16BrN3OS3. The van der Waals surface area contributed by atoms with Crippen LogP contribution in [0.2, 0.25) is 0 Å². The van der Waals surface area contributed by atoms with Gasteiger partial charge in [0.1, 0.15) is 4.32 Å². The third kappa shape index (κ3) is 4.65. The molecule has 0 radical (unpaired) electrons. The highest BCUT2D eigenvalue weighted by atomic mass is 79.9. The van der Waals surface area contributed by atoms with Gasteiger partial charge in [-0.2, -0.15) is 0 Å². The van der Waals surface area contributed by atoms with E-state index in [1.165, 1.54) is 42.4 Å². The Kier molecular flexibility index (Phi) is 5.90. The number of thioether (sulfide) groups is 1. The first-order chi connectivity index (χ1) is 11.1. The summed E-state index contributed by atoms with van der Waals surface area (Å²) < 4.78 is 2.88. The van der Waals surface area contributed by atoms with Crippen LogP contribution in [0.25, 0.3) is 10.2 Å². The fourth-order valence-corrected chi connectivity index (χ4v) is 4.89. The van der Waals surface area contributed by atoms with E-state index in [9.17, 15) is 4.79 Å². The number of carbonyl (C=O) groups excluding carboxylic acids is 1. The predicted molar refractivity (Wildman–Crippen MR) is 106 cm³/mol. The maximum Gasteiger partial charge on any atom is 0.236 e. The number of piperidine rings is 1. The SMILES string of the molecule is O=C(CSC(=S)N1CCCCC1)Nc1nc2ccc(Br)cc2s1. The Morgan fingerprint density at radius 1 is 1.39 bits per heavy atom. The van der Waals surface area contributed by atoms with Crippen molar-refractivity contribution in [2.75, 3.05) is 24.2 Å². The highest BCUT2D eigenvalue weighted by Gasteiger charge is 2.15. The van der Waals surface area contributed by atoms with Crippen molar-refractivity contribution in [2.24, 2.45) is 0 Å². The summed E-state index contributed by atoms with van der Waals surface area (Å²) in [5, 5.41) is 3.50. The summed E-state index contributed by atoms with van der Waals surface area (Å²) in [6.07, 6.45) is 3.65. The average Bonchev–Trinajstić information content (AvgIpc) is 2.94. The van der Waals surface area contributed by atoms with Crippen LogP contribution in [0, 0.1) is 0 Å². The van der Waals surface area contributed by atoms with Crippen molar-refractivity contribution in [3.63, 3.8) is 0 Å². The van der Waals surface area contributed by atoms with Gasteiger partial charge in [-0.25, -0.2) is 4.98 Å². The predicted octanol–water partition coefficient (Wildman–Crippen LogP) is 4.50. The van der Waals surface area contributed by atoms with E-state index < -0.39 is 0 Å². The molecule has 1 fully saturated rings. The number of halogens is 1. The number of carbonyl (C=O) groups is 1. The van der Waals surface area contributed by atoms with Gasteiger partial charge in [-0.1, -0.05) is 51.2 Å². The highest BCUT2D eigenvalue weighted by Crippen LogP contribution is 2.28. The summed E-state index contributed by atoms with van der Waals surface area (Å²) in [5.74, 6) is 0.266. The van der Waals surface area contributed by atoms with Crippen molar-refractivity contribution in [3.05, 3.63) is 22.7 Å². The van der Waals surface area contributed by atoms with Gasteiger partial charge in [-0.15, -0.1) is 0 Å². The Bertz CT molecular complexity index is 728. The summed E-state index contributed by atoms with van der Waals surface area (Å²) in [6.45, 7) is 2.03. The van der Waals surface area contributed by atoms with Gasteiger partial charge in [0.15, 0.2) is 5.13 Å². The molecule has 3 rings (SSSR count). The second-order valence-corrected chi connectivity index (χ2v) is 8.84. The number of nitrogens with one attached hydrogen (secondary N) is 1. The first-order valence-corrected chi connectivity index (χ1v) is 10.4. The van der Waals surface area contributed by atoms with Gasteiger partial charge in [-0.05, 0) is 37.5 Å². The van der Waals surface area contributed by atoms with Gasteiger partial charge < -0.3 is 10.2 Å². The number of aromatic nitrogens is 1. The van der Waals surface area contributed by atoms with E-state index in [1.807, 2.05) is 18.2 Å². The lowest BCUT2D eigenvalue weighted by Gasteiger charge is -2.28. The Labute approximate surface area is 157 Å². The Morgan fingerprint density at radius 2 is 2.17 bits per heavy atom. The van der Waals surface area contributed by atoms with E-state index in [-0.39, 0.29) is 5.91 Å². The summed E-state index contributed by atoms with van der Waals surface area (Å²) in [5.41, 5.74) is 0.894. The summed E-state index contributed by atoms with van der Waals surface area (Å²) >= 11 is 11.8. The number of anilines is 1. The summed E-state index contributed by atoms with van der Waals surface area (Å²) in [6, 6.07) is 5.88. The molecule has 2 heterocycles. The van der Waals surface area contributed by atoms with E-state index in [1.54, 1.807) is 0 Å². The zero-order valence-electron chi connectivity index (χ0n) is 12.4. The van der Waals surface area contributed by atoms with Gasteiger partial charge >= 0.3 is 0 Å². The van der Waals surface area contributed by atoms with Gasteiger partial charge in [0, 0.05) is 17.6 Å². The molecule has 4 nitrogen and oxygen atoms in total. The standard InChI is InChI=1S/C15H16BrN3OS3/c16-10-4-5-11-12(8-10)23-14(17-11)18-13(20)9-22-15(21)19-6-2-1-3-7-19/h4-5,8H,1-3,6-7,9H2,(H,17,18,20). The molecule has 2 aromatic rings. The van der Waals surface area contributed by atoms with Crippen LogP contribution < -0.4 is 5.32 Å². The summed E-state index contributed by atoms with van der Waals surface area (Å²) in [7, 11) is 0. The lowest BCUT2D eigenvalue weighted by Crippen LogP contribution is -2.33. The van der Waals surface area contributed by atoms with Crippen LogP contribution in [0.5, 0.6) is 0 Å². The number of likely N-dealkylation sites (tertiary alicyclic amines) is 1. The zero-order valence-corrected chi connectivity index (χ0v) is 16.4. The molecule has 1 amide bonds. The van der Waals surface area contributed by atoms with E-state index >= 15 is 0 Å². The first kappa shape index (κ1) is 17.1. The Morgan fingerprint density at radius 3 is 2.96 bits per heavy atom. The van der Waals surface area contributed by atoms with Crippen molar-refractivity contribution >= 4 is 76.8 Å². The molecule has 1 aromatic carbocycles. The molecule has 1 aliphatic heterocycles. The van der Waals surface area contributed by atoms with Crippen LogP contribution in [0.3, 0.4) is 0 Å². The third-order valence-electron chi connectivity index (χ3n) is 3.54. The lowest BCUT2D eigenvalue weighted by molar-refractivity contribution is -0.113. The number of thiocarbonyl (C=S) groups is 1. The van der Waals surface area contributed by atoms with Gasteiger partial charge in [-0.3, -0.25) is 4.79 Å². The number of hydrogen-bond acceptors (Lipinski definition) is 5. The molecule has 8 heteroatoms. The topological polar surface area (TPSA) is 45.2 Å². The normalized spacial score (nSPS) is 14.9. The van der Waals surface area contributed by atoms with E-state index in [2.05, 4.69) is 31.1 Å². The Hall–Kier alpha value is -0.700. The molecule has 0 atom stereocenters. The van der Waals surface area contributed by atoms with Crippen LogP contribution in [0.15, 0.2) is 22.7 Å². The number of rotatable bonds is 3. The van der Waals surface area contributed by atoms with Gasteiger partial charge in [0.2, 0.25) is 5.91 Å². The number of hydrogen-bond donors (Lipinski definition) is 1. The molecule has 0 saturated carbocycles. The molecule has 23 heavy (non-hydrogen) atoms. The monoisotopic (exact) mass is 429 g/mol. The molecule has 0 unspecified atom stereocenters. The van der Waals surface area contributed by atoms with Crippen molar-refractivity contribution in [1.82, 2.24) is 9.88 Å². The third-order valence-corrected chi connectivity index (χ3v) is 6.49. The van der Waals surface area contributed by atoms with Gasteiger partial charge in [0.25, 0.3) is 0 Å². The minimum absolute atomic E-state index is 0.0625. The van der Waals surface area contributed by atoms with Crippen molar-refractivity contribution in [2.45, 2.75) is 19.3 Å². The number of fused-ring (bicyclic) bond motifs is 1. The quantitative estimate of drug-likeness (QED) is 0.727. The average molecular weight is 430 g/mol. The van der Waals surface area contributed by atoms with Crippen LogP contribution in [0.1, 0.15) is 19.3 Å². The molecular weight excluding hydrogens is 414 g/mol. The lowest BCUT2D eigenvalue weighted by atomic mass is 10.1. The maximum atomic E-state index is 12.1. The molecule has 1 saturated heterocycles. The molecule has 0 bridgehead atoms. The molecule has 122 valence electrons. The van der Waals surface area contributed by atoms with Crippen molar-refractivity contribution in [1.29, 1.82) is 0 Å². The molecule has 1 aliphatic rings. The van der Waals surface area contributed by atoms with E-state index in [4.69, 9.17) is 12.2 Å². The number of amides is 1. The minimum atomic E-state index is -0.0625. The maximum absolute atomic E-state index is 12.1. The number of benzene rings is 1. The van der Waals surface area contributed by atoms with Crippen molar-refractivity contribution in [3.8, 4) is 0 Å². The minimum Gasteiger partial charge on any atom is -0.358 e. The fraction of sp³-hybridized carbons (Fsp3) is 0.400. The van der Waals surface area contributed by atoms with Gasteiger partial charge in [0.05, 0.1) is 16.0 Å². The van der Waals surface area contributed by atoms with E-state index in [0.29, 0.717) is 10.9 Å². The number of thiazole rings is 1. The molecule has 0 spiro atoms. The van der Waals surface area contributed by atoms with Crippen LogP contribution in [0.4, 0.5) is 5.13 Å². The van der Waals surface area contributed by atoms with Crippen LogP contribution in [-0.2, 0) is 4.79 Å². The molecule has 1 aromatic heterocycles. The van der Waals surface area contributed by atoms with E-state index in [0.717, 1.165) is 32.1 Å². The smallest absolute Gasteiger partial charge is 0.236 e. The highest BCUT2D eigenvalue weighted by molar-refractivity contribution is 9.10. The number of nitrogens with zero attached hydrogens (tertiary/aromatic N) is 2. The Balaban J connectivity index is 1.52.